The molecule has 7 rings (SSSR count). The van der Waals surface area contributed by atoms with Gasteiger partial charge in [-0.3, -0.25) is 4.90 Å². The topological polar surface area (TPSA) is 74.6 Å². The summed E-state index contributed by atoms with van der Waals surface area (Å²) >= 11 is 0. The number of hydrogen-bond donors (Lipinski definition) is 1. The van der Waals surface area contributed by atoms with Crippen LogP contribution in [0.3, 0.4) is 0 Å². The molecule has 40 heavy (non-hydrogen) atoms. The molecule has 4 aromatic rings. The van der Waals surface area contributed by atoms with Crippen LogP contribution >= 0.6 is 0 Å². The summed E-state index contributed by atoms with van der Waals surface area (Å²) in [6.07, 6.45) is 6.32. The molecule has 2 saturated heterocycles. The van der Waals surface area contributed by atoms with Gasteiger partial charge in [0, 0.05) is 19.2 Å². The predicted octanol–water partition coefficient (Wildman–Crippen LogP) is 5.78. The van der Waals surface area contributed by atoms with Crippen LogP contribution in [0.5, 0.6) is 11.8 Å². The number of phenols is 1. The SMILES string of the molecule is CCc1c(F)ccc2cc(O)cc(-c3nc4c5c(nc(OCC67CCCN6CCC7)nc5c3F)N(C)CCC4)c12. The highest BCUT2D eigenvalue weighted by molar-refractivity contribution is 6.02. The van der Waals surface area contributed by atoms with Gasteiger partial charge in [-0.2, -0.15) is 9.97 Å². The lowest BCUT2D eigenvalue weighted by Crippen LogP contribution is -2.43. The molecule has 0 bridgehead atoms. The molecule has 0 amide bonds. The van der Waals surface area contributed by atoms with Crippen molar-refractivity contribution in [3.63, 3.8) is 0 Å². The van der Waals surface area contributed by atoms with E-state index >= 15 is 4.39 Å². The number of aryl methyl sites for hydroxylation is 2. The number of pyridine rings is 1. The van der Waals surface area contributed by atoms with Crippen LogP contribution in [0.2, 0.25) is 0 Å². The molecule has 9 heteroatoms. The minimum absolute atomic E-state index is 0.00650. The maximum Gasteiger partial charge on any atom is 0.319 e. The van der Waals surface area contributed by atoms with Gasteiger partial charge in [0.1, 0.15) is 35.2 Å². The zero-order valence-corrected chi connectivity index (χ0v) is 22.9. The van der Waals surface area contributed by atoms with Crippen LogP contribution < -0.4 is 9.64 Å². The summed E-state index contributed by atoms with van der Waals surface area (Å²) in [5.41, 5.74) is 1.72. The monoisotopic (exact) mass is 545 g/mol. The fraction of sp³-hybridized carbons (Fsp3) is 0.452. The average Bonchev–Trinajstić information content (AvgIpc) is 3.48. The fourth-order valence-electron chi connectivity index (χ4n) is 7.19. The van der Waals surface area contributed by atoms with Crippen LogP contribution in [-0.2, 0) is 12.8 Å². The summed E-state index contributed by atoms with van der Waals surface area (Å²) in [4.78, 5) is 18.7. The Morgan fingerprint density at radius 2 is 1.80 bits per heavy atom. The molecule has 2 fully saturated rings. The number of aromatic hydroxyl groups is 1. The number of benzene rings is 2. The zero-order valence-electron chi connectivity index (χ0n) is 22.9. The Labute approximate surface area is 231 Å². The van der Waals surface area contributed by atoms with Gasteiger partial charge < -0.3 is 14.7 Å². The van der Waals surface area contributed by atoms with Gasteiger partial charge >= 0.3 is 6.01 Å². The number of hydrogen-bond acceptors (Lipinski definition) is 7. The first-order chi connectivity index (χ1) is 19.4. The Bertz CT molecular complexity index is 1650. The maximum atomic E-state index is 16.7. The van der Waals surface area contributed by atoms with Gasteiger partial charge in [-0.15, -0.1) is 0 Å². The van der Waals surface area contributed by atoms with Crippen molar-refractivity contribution < 1.29 is 18.6 Å². The second-order valence-electron chi connectivity index (χ2n) is 11.5. The van der Waals surface area contributed by atoms with Crippen LogP contribution in [-0.4, -0.2) is 63.8 Å². The molecule has 208 valence electrons. The molecular weight excluding hydrogens is 512 g/mol. The Morgan fingerprint density at radius 3 is 2.58 bits per heavy atom. The third-order valence-electron chi connectivity index (χ3n) is 9.13. The highest BCUT2D eigenvalue weighted by atomic mass is 19.1. The molecule has 2 aromatic carbocycles. The molecule has 0 unspecified atom stereocenters. The third-order valence-corrected chi connectivity index (χ3v) is 9.13. The van der Waals surface area contributed by atoms with E-state index in [0.29, 0.717) is 58.2 Å². The van der Waals surface area contributed by atoms with Crippen LogP contribution in [0.4, 0.5) is 14.6 Å². The number of fused-ring (bicyclic) bond motifs is 2. The van der Waals surface area contributed by atoms with E-state index in [4.69, 9.17) is 14.7 Å². The average molecular weight is 546 g/mol. The molecule has 0 aliphatic carbocycles. The molecule has 3 aliphatic rings. The van der Waals surface area contributed by atoms with Crippen molar-refractivity contribution in [1.29, 1.82) is 0 Å². The smallest absolute Gasteiger partial charge is 0.319 e. The largest absolute Gasteiger partial charge is 0.508 e. The van der Waals surface area contributed by atoms with Crippen LogP contribution in [0.25, 0.3) is 32.9 Å². The van der Waals surface area contributed by atoms with E-state index in [2.05, 4.69) is 9.88 Å². The normalized spacial score (nSPS) is 18.4. The predicted molar refractivity (Wildman–Crippen MR) is 151 cm³/mol. The Balaban J connectivity index is 1.43. The summed E-state index contributed by atoms with van der Waals surface area (Å²) in [5, 5.41) is 12.3. The van der Waals surface area contributed by atoms with Gasteiger partial charge in [-0.25, -0.2) is 13.8 Å². The molecule has 0 atom stereocenters. The van der Waals surface area contributed by atoms with Gasteiger partial charge in [-0.05, 0) is 92.6 Å². The summed E-state index contributed by atoms with van der Waals surface area (Å²) in [7, 11) is 1.94. The standard InChI is InChI=1S/C31H33F2N5O2/c1-3-20-22(32)9-8-18-15-19(39)16-21(24(18)20)27-26(33)28-25-23(34-27)7-4-12-37(2)29(25)36-30(35-28)40-17-31-10-5-13-38(31)14-6-11-31/h8-9,15-16,39H,3-7,10-14,17H2,1-2H3. The fourth-order valence-corrected chi connectivity index (χ4v) is 7.19. The lowest BCUT2D eigenvalue weighted by atomic mass is 9.94. The summed E-state index contributed by atoms with van der Waals surface area (Å²) in [6.45, 7) is 5.24. The van der Waals surface area contributed by atoms with Crippen molar-refractivity contribution in [3.05, 3.63) is 47.2 Å². The molecule has 3 aliphatic heterocycles. The molecule has 0 spiro atoms. The van der Waals surface area contributed by atoms with Crippen molar-refractivity contribution in [1.82, 2.24) is 19.9 Å². The van der Waals surface area contributed by atoms with Gasteiger partial charge in [0.25, 0.3) is 0 Å². The molecular formula is C31H33F2N5O2. The first-order valence-electron chi connectivity index (χ1n) is 14.3. The Morgan fingerprint density at radius 1 is 1.00 bits per heavy atom. The Kier molecular flexibility index (Phi) is 6.03. The van der Waals surface area contributed by atoms with Crippen molar-refractivity contribution in [2.24, 2.45) is 0 Å². The van der Waals surface area contributed by atoms with E-state index in [9.17, 15) is 9.50 Å². The van der Waals surface area contributed by atoms with E-state index in [1.165, 1.54) is 12.1 Å². The minimum Gasteiger partial charge on any atom is -0.508 e. The summed E-state index contributed by atoms with van der Waals surface area (Å²) < 4.78 is 37.8. The number of anilines is 1. The van der Waals surface area contributed by atoms with Crippen molar-refractivity contribution in [3.8, 4) is 23.0 Å². The van der Waals surface area contributed by atoms with E-state index in [0.717, 1.165) is 51.7 Å². The quantitative estimate of drug-likeness (QED) is 0.341. The van der Waals surface area contributed by atoms with Gasteiger partial charge in [-0.1, -0.05) is 13.0 Å². The minimum atomic E-state index is -0.623. The Hall–Kier alpha value is -3.59. The molecule has 0 radical (unpaired) electrons. The molecule has 5 heterocycles. The van der Waals surface area contributed by atoms with Gasteiger partial charge in [0.15, 0.2) is 5.82 Å². The number of ether oxygens (including phenoxy) is 1. The van der Waals surface area contributed by atoms with Crippen LogP contribution in [0.1, 0.15) is 50.3 Å². The van der Waals surface area contributed by atoms with E-state index in [1.807, 2.05) is 18.9 Å². The van der Waals surface area contributed by atoms with E-state index < -0.39 is 5.82 Å². The maximum absolute atomic E-state index is 16.7. The number of halogens is 2. The van der Waals surface area contributed by atoms with E-state index in [1.54, 1.807) is 12.1 Å². The van der Waals surface area contributed by atoms with Crippen LogP contribution in [0, 0.1) is 11.6 Å². The number of phenolic OH excluding ortho intramolecular Hbond substituents is 1. The second kappa shape index (κ2) is 9.51. The lowest BCUT2D eigenvalue weighted by molar-refractivity contribution is 0.108. The number of aromatic nitrogens is 3. The number of rotatable bonds is 5. The number of nitrogens with zero attached hydrogens (tertiary/aromatic N) is 5. The van der Waals surface area contributed by atoms with Crippen molar-refractivity contribution >= 4 is 27.5 Å². The second-order valence-corrected chi connectivity index (χ2v) is 11.5. The van der Waals surface area contributed by atoms with Crippen LogP contribution in [0.15, 0.2) is 24.3 Å². The molecule has 0 saturated carbocycles. The first kappa shape index (κ1) is 25.4. The molecule has 2 aromatic heterocycles. The van der Waals surface area contributed by atoms with Crippen molar-refractivity contribution in [2.45, 2.75) is 57.4 Å². The highest BCUT2D eigenvalue weighted by Crippen LogP contribution is 2.42. The van der Waals surface area contributed by atoms with Crippen molar-refractivity contribution in [2.75, 3.05) is 38.2 Å². The van der Waals surface area contributed by atoms with E-state index in [-0.39, 0.29) is 34.3 Å². The third kappa shape index (κ3) is 3.89. The van der Waals surface area contributed by atoms with Gasteiger partial charge in [0.05, 0.1) is 16.6 Å². The van der Waals surface area contributed by atoms with Gasteiger partial charge in [0.2, 0.25) is 0 Å². The molecule has 7 nitrogen and oxygen atoms in total. The molecule has 1 N–H and O–H groups in total. The summed E-state index contributed by atoms with van der Waals surface area (Å²) in [5.74, 6) is -0.413. The zero-order chi connectivity index (χ0) is 27.6. The first-order valence-corrected chi connectivity index (χ1v) is 14.3. The lowest BCUT2D eigenvalue weighted by Gasteiger charge is -2.31. The highest BCUT2D eigenvalue weighted by Gasteiger charge is 2.45. The summed E-state index contributed by atoms with van der Waals surface area (Å²) in [6, 6.07) is 6.20.